The Kier molecular flexibility index (Phi) is 3.91. The summed E-state index contributed by atoms with van der Waals surface area (Å²) in [5, 5.41) is 4.79. The predicted molar refractivity (Wildman–Crippen MR) is 121 cm³/mol. The first-order valence-corrected chi connectivity index (χ1v) is 11.1. The lowest BCUT2D eigenvalue weighted by molar-refractivity contribution is -0.125. The monoisotopic (exact) mass is 411 g/mol. The molecule has 6 rings (SSSR count). The van der Waals surface area contributed by atoms with Crippen LogP contribution in [0.5, 0.6) is 0 Å². The zero-order chi connectivity index (χ0) is 21.3. The van der Waals surface area contributed by atoms with Crippen molar-refractivity contribution in [3.05, 3.63) is 71.5 Å². The van der Waals surface area contributed by atoms with Crippen LogP contribution in [0.2, 0.25) is 0 Å². The number of imide groups is 1. The molecule has 2 aromatic heterocycles. The van der Waals surface area contributed by atoms with Gasteiger partial charge in [0.25, 0.3) is 0 Å². The molecule has 1 saturated heterocycles. The smallest absolute Gasteiger partial charge is 0.235 e. The third-order valence-electron chi connectivity index (χ3n) is 7.00. The van der Waals surface area contributed by atoms with Crippen molar-refractivity contribution >= 4 is 33.6 Å². The molecule has 0 saturated carbocycles. The van der Waals surface area contributed by atoms with Crippen LogP contribution in [0.3, 0.4) is 0 Å². The number of nitrogens with one attached hydrogen (secondary N) is 1. The quantitative estimate of drug-likeness (QED) is 0.499. The van der Waals surface area contributed by atoms with Crippen LogP contribution < -0.4 is 5.32 Å². The van der Waals surface area contributed by atoms with E-state index in [0.717, 1.165) is 46.8 Å². The van der Waals surface area contributed by atoms with Crippen LogP contribution in [0.25, 0.3) is 21.8 Å². The van der Waals surface area contributed by atoms with Gasteiger partial charge in [0.15, 0.2) is 0 Å². The highest BCUT2D eigenvalue weighted by Crippen LogP contribution is 2.45. The van der Waals surface area contributed by atoms with Gasteiger partial charge in [-0.05, 0) is 49.4 Å². The zero-order valence-electron chi connectivity index (χ0n) is 17.8. The number of aromatic nitrogens is 2. The molecule has 2 aromatic carbocycles. The van der Waals surface area contributed by atoms with E-state index in [2.05, 4.69) is 71.0 Å². The molecule has 0 radical (unpaired) electrons. The Morgan fingerprint density at radius 1 is 0.903 bits per heavy atom. The fraction of sp³-hybridized carbons (Fsp3) is 0.308. The molecule has 156 valence electrons. The Bertz CT molecular complexity index is 1370. The summed E-state index contributed by atoms with van der Waals surface area (Å²) in [6, 6.07) is 14.8. The first kappa shape index (κ1) is 18.4. The summed E-state index contributed by atoms with van der Waals surface area (Å²) in [5.74, 6) is -1.44. The van der Waals surface area contributed by atoms with E-state index in [1.54, 1.807) is 0 Å². The van der Waals surface area contributed by atoms with Crippen molar-refractivity contribution in [1.82, 2.24) is 14.5 Å². The van der Waals surface area contributed by atoms with Crippen molar-refractivity contribution in [3.63, 3.8) is 0 Å². The van der Waals surface area contributed by atoms with Crippen molar-refractivity contribution in [1.29, 1.82) is 0 Å². The maximum absolute atomic E-state index is 13.1. The SMILES string of the molecule is CC(C)n1cc([C@@H]2C(=O)NC(=O)[C@H]2c2cn3c4c(cccc24)CCC3)c2ccccc21. The second-order valence-electron chi connectivity index (χ2n) is 9.11. The molecule has 0 spiro atoms. The molecule has 5 nitrogen and oxygen atoms in total. The van der Waals surface area contributed by atoms with Gasteiger partial charge in [-0.1, -0.05) is 36.4 Å². The Hall–Kier alpha value is -3.34. The van der Waals surface area contributed by atoms with E-state index in [1.807, 2.05) is 12.1 Å². The molecule has 4 heterocycles. The van der Waals surface area contributed by atoms with E-state index < -0.39 is 11.8 Å². The number of hydrogen-bond acceptors (Lipinski definition) is 2. The lowest BCUT2D eigenvalue weighted by atomic mass is 9.83. The minimum absolute atomic E-state index is 0.194. The number of fused-ring (bicyclic) bond motifs is 1. The van der Waals surface area contributed by atoms with Gasteiger partial charge in [0.2, 0.25) is 11.8 Å². The Morgan fingerprint density at radius 2 is 1.61 bits per heavy atom. The number of benzene rings is 2. The van der Waals surface area contributed by atoms with Gasteiger partial charge in [-0.25, -0.2) is 0 Å². The van der Waals surface area contributed by atoms with Crippen molar-refractivity contribution in [2.24, 2.45) is 0 Å². The molecule has 5 heteroatoms. The lowest BCUT2D eigenvalue weighted by Crippen LogP contribution is -2.21. The van der Waals surface area contributed by atoms with E-state index in [9.17, 15) is 9.59 Å². The maximum Gasteiger partial charge on any atom is 0.235 e. The summed E-state index contributed by atoms with van der Waals surface area (Å²) in [7, 11) is 0. The molecular formula is C26H25N3O2. The molecule has 2 aliphatic heterocycles. The van der Waals surface area contributed by atoms with Gasteiger partial charge in [-0.15, -0.1) is 0 Å². The summed E-state index contributed by atoms with van der Waals surface area (Å²) in [5.41, 5.74) is 5.55. The van der Waals surface area contributed by atoms with Crippen LogP contribution in [0, 0.1) is 0 Å². The van der Waals surface area contributed by atoms with Crippen LogP contribution in [0.1, 0.15) is 54.8 Å². The average molecular weight is 412 g/mol. The molecule has 0 bridgehead atoms. The van der Waals surface area contributed by atoms with Crippen LogP contribution >= 0.6 is 0 Å². The molecule has 31 heavy (non-hydrogen) atoms. The molecule has 0 aliphatic carbocycles. The van der Waals surface area contributed by atoms with Gasteiger partial charge in [0.1, 0.15) is 0 Å². The number of para-hydroxylation sites is 2. The van der Waals surface area contributed by atoms with Gasteiger partial charge in [0, 0.05) is 41.3 Å². The van der Waals surface area contributed by atoms with Crippen molar-refractivity contribution in [2.75, 3.05) is 0 Å². The Morgan fingerprint density at radius 3 is 2.39 bits per heavy atom. The molecule has 1 N–H and O–H groups in total. The number of aryl methyl sites for hydroxylation is 2. The largest absolute Gasteiger partial charge is 0.347 e. The highest BCUT2D eigenvalue weighted by Gasteiger charge is 2.46. The number of rotatable bonds is 3. The maximum atomic E-state index is 13.1. The molecule has 2 aliphatic rings. The minimum atomic E-state index is -0.527. The van der Waals surface area contributed by atoms with E-state index in [0.29, 0.717) is 0 Å². The summed E-state index contributed by atoms with van der Waals surface area (Å²) < 4.78 is 4.47. The zero-order valence-corrected chi connectivity index (χ0v) is 17.8. The van der Waals surface area contributed by atoms with Gasteiger partial charge >= 0.3 is 0 Å². The first-order chi connectivity index (χ1) is 15.0. The summed E-state index contributed by atoms with van der Waals surface area (Å²) in [6.45, 7) is 5.23. The summed E-state index contributed by atoms with van der Waals surface area (Å²) in [6.07, 6.45) is 6.35. The third-order valence-corrected chi connectivity index (χ3v) is 7.00. The normalized spacial score (nSPS) is 20.9. The highest BCUT2D eigenvalue weighted by atomic mass is 16.2. The number of amides is 2. The first-order valence-electron chi connectivity index (χ1n) is 11.1. The predicted octanol–water partition coefficient (Wildman–Crippen LogP) is 4.65. The average Bonchev–Trinajstić information content (AvgIpc) is 3.40. The Labute approximate surface area is 180 Å². The van der Waals surface area contributed by atoms with Crippen LogP contribution in [0.15, 0.2) is 54.9 Å². The van der Waals surface area contributed by atoms with Gasteiger partial charge in [0.05, 0.1) is 17.4 Å². The van der Waals surface area contributed by atoms with E-state index in [1.165, 1.54) is 11.1 Å². The summed E-state index contributed by atoms with van der Waals surface area (Å²) in [4.78, 5) is 26.3. The number of hydrogen-bond donors (Lipinski definition) is 1. The van der Waals surface area contributed by atoms with E-state index in [4.69, 9.17) is 0 Å². The van der Waals surface area contributed by atoms with Gasteiger partial charge < -0.3 is 9.13 Å². The molecule has 0 unspecified atom stereocenters. The van der Waals surface area contributed by atoms with Gasteiger partial charge in [-0.3, -0.25) is 14.9 Å². The second kappa shape index (κ2) is 6.58. The highest BCUT2D eigenvalue weighted by molar-refractivity contribution is 6.13. The third kappa shape index (κ3) is 2.55. The molecule has 4 aromatic rings. The van der Waals surface area contributed by atoms with Gasteiger partial charge in [-0.2, -0.15) is 0 Å². The fourth-order valence-electron chi connectivity index (χ4n) is 5.66. The van der Waals surface area contributed by atoms with Crippen LogP contribution in [0.4, 0.5) is 0 Å². The topological polar surface area (TPSA) is 56.0 Å². The van der Waals surface area contributed by atoms with Crippen molar-refractivity contribution in [3.8, 4) is 0 Å². The number of nitrogens with zero attached hydrogens (tertiary/aromatic N) is 2. The Balaban J connectivity index is 1.58. The van der Waals surface area contributed by atoms with E-state index in [-0.39, 0.29) is 17.9 Å². The van der Waals surface area contributed by atoms with Crippen LogP contribution in [-0.2, 0) is 22.6 Å². The number of carbonyl (C=O) groups is 2. The molecule has 1 fully saturated rings. The van der Waals surface area contributed by atoms with E-state index >= 15 is 0 Å². The van der Waals surface area contributed by atoms with Crippen molar-refractivity contribution < 1.29 is 9.59 Å². The molecular weight excluding hydrogens is 386 g/mol. The number of carbonyl (C=O) groups excluding carboxylic acids is 2. The van der Waals surface area contributed by atoms with Crippen molar-refractivity contribution in [2.45, 2.75) is 51.1 Å². The summed E-state index contributed by atoms with van der Waals surface area (Å²) >= 11 is 0. The fourth-order valence-corrected chi connectivity index (χ4v) is 5.66. The standard InChI is InChI=1S/C26H25N3O2/c1-15(2)29-14-20(17-9-3-4-11-21(17)29)23-22(25(30)27-26(23)31)19-13-28-12-6-8-16-7-5-10-18(19)24(16)28/h3-5,7,9-11,13-15,22-23H,6,8,12H2,1-2H3,(H,27,30,31)/t22-,23-/m0/s1. The second-order valence-corrected chi connectivity index (χ2v) is 9.11. The molecule has 2 atom stereocenters. The lowest BCUT2D eigenvalue weighted by Gasteiger charge is -2.15. The molecule has 2 amide bonds. The minimum Gasteiger partial charge on any atom is -0.347 e. The van der Waals surface area contributed by atoms with Crippen LogP contribution in [-0.4, -0.2) is 20.9 Å².